The van der Waals surface area contributed by atoms with Gasteiger partial charge >= 0.3 is 0 Å². The van der Waals surface area contributed by atoms with Crippen molar-refractivity contribution >= 4 is 54.3 Å². The molecule has 0 spiro atoms. The molecule has 0 aliphatic carbocycles. The van der Waals surface area contributed by atoms with E-state index >= 15 is 0 Å². The molecule has 10 rings (SSSR count). The molecule has 0 unspecified atom stereocenters. The maximum atomic E-state index is 5.30. The van der Waals surface area contributed by atoms with Crippen LogP contribution in [0.2, 0.25) is 0 Å². The minimum atomic E-state index is 0.900. The van der Waals surface area contributed by atoms with Crippen LogP contribution in [0.15, 0.2) is 176 Å². The molecule has 0 bridgehead atoms. The van der Waals surface area contributed by atoms with Crippen molar-refractivity contribution in [3.8, 4) is 44.9 Å². The summed E-state index contributed by atoms with van der Waals surface area (Å²) in [6.45, 7) is 0. The molecule has 3 heteroatoms. The Kier molecular flexibility index (Phi) is 6.49. The zero-order chi connectivity index (χ0) is 33.0. The van der Waals surface area contributed by atoms with E-state index in [2.05, 4.69) is 158 Å². The summed E-state index contributed by atoms with van der Waals surface area (Å²) in [5.74, 6) is 0. The Bertz CT molecular complexity index is 2910. The van der Waals surface area contributed by atoms with Crippen LogP contribution in [-0.2, 0) is 0 Å². The predicted octanol–water partition coefficient (Wildman–Crippen LogP) is 12.3. The number of pyridine rings is 3. The number of hydrogen-bond donors (Lipinski definition) is 0. The monoisotopic (exact) mass is 635 g/mol. The maximum absolute atomic E-state index is 5.30. The summed E-state index contributed by atoms with van der Waals surface area (Å²) in [6.07, 6.45) is 0. The fraction of sp³-hybridized carbons (Fsp3) is 0. The van der Waals surface area contributed by atoms with Crippen LogP contribution in [-0.4, -0.2) is 15.0 Å². The molecular formula is C47H29N3. The summed E-state index contributed by atoms with van der Waals surface area (Å²) in [6, 6.07) is 62.0. The highest BCUT2D eigenvalue weighted by atomic mass is 14.8. The Morgan fingerprint density at radius 2 is 0.900 bits per heavy atom. The molecule has 232 valence electrons. The van der Waals surface area contributed by atoms with Crippen molar-refractivity contribution in [2.75, 3.05) is 0 Å². The molecule has 0 saturated carbocycles. The molecule has 0 aliphatic rings. The normalized spacial score (nSPS) is 11.6. The first-order chi connectivity index (χ1) is 24.8. The van der Waals surface area contributed by atoms with Gasteiger partial charge in [-0.1, -0.05) is 152 Å². The molecule has 0 N–H and O–H groups in total. The van der Waals surface area contributed by atoms with Crippen molar-refractivity contribution in [1.29, 1.82) is 0 Å². The number of rotatable bonds is 4. The average molecular weight is 636 g/mol. The number of fused-ring (bicyclic) bond motifs is 7. The Morgan fingerprint density at radius 1 is 0.320 bits per heavy atom. The second-order valence-corrected chi connectivity index (χ2v) is 12.8. The van der Waals surface area contributed by atoms with Crippen LogP contribution in [0.1, 0.15) is 0 Å². The topological polar surface area (TPSA) is 38.7 Å². The summed E-state index contributed by atoms with van der Waals surface area (Å²) < 4.78 is 0. The first kappa shape index (κ1) is 28.3. The summed E-state index contributed by atoms with van der Waals surface area (Å²) in [5.41, 5.74) is 11.2. The summed E-state index contributed by atoms with van der Waals surface area (Å²) >= 11 is 0. The quantitative estimate of drug-likeness (QED) is 0.181. The largest absolute Gasteiger partial charge is 0.247 e. The SMILES string of the molecule is c1ccc(-c2ccc3ccc4ccc(-c5ccc6nc(-c7ccccc7)c7cccc(-c8cccc9ccccc89)c7c6c5)nc4c3n2)cc1. The maximum Gasteiger partial charge on any atom is 0.0972 e. The predicted molar refractivity (Wildman–Crippen MR) is 209 cm³/mol. The number of aromatic nitrogens is 3. The van der Waals surface area contributed by atoms with Gasteiger partial charge in [-0.3, -0.25) is 0 Å². The van der Waals surface area contributed by atoms with Gasteiger partial charge in [-0.05, 0) is 46.2 Å². The van der Waals surface area contributed by atoms with E-state index in [1.54, 1.807) is 0 Å². The highest BCUT2D eigenvalue weighted by Gasteiger charge is 2.17. The van der Waals surface area contributed by atoms with E-state index in [1.807, 2.05) is 18.2 Å². The molecule has 0 atom stereocenters. The lowest BCUT2D eigenvalue weighted by Gasteiger charge is -2.16. The fourth-order valence-corrected chi connectivity index (χ4v) is 7.41. The van der Waals surface area contributed by atoms with Crippen molar-refractivity contribution in [3.63, 3.8) is 0 Å². The van der Waals surface area contributed by atoms with Gasteiger partial charge in [0.1, 0.15) is 0 Å². The highest BCUT2D eigenvalue weighted by Crippen LogP contribution is 2.41. The Morgan fingerprint density at radius 3 is 1.66 bits per heavy atom. The van der Waals surface area contributed by atoms with Gasteiger partial charge in [-0.15, -0.1) is 0 Å². The Labute approximate surface area is 289 Å². The van der Waals surface area contributed by atoms with E-state index in [1.165, 1.54) is 27.3 Å². The number of nitrogens with zero attached hydrogens (tertiary/aromatic N) is 3. The molecule has 7 aromatic carbocycles. The van der Waals surface area contributed by atoms with Gasteiger partial charge in [-0.25, -0.2) is 15.0 Å². The van der Waals surface area contributed by atoms with Crippen molar-refractivity contribution in [2.24, 2.45) is 0 Å². The summed E-state index contributed by atoms with van der Waals surface area (Å²) in [5, 5.41) is 8.01. The van der Waals surface area contributed by atoms with Crippen LogP contribution in [0.3, 0.4) is 0 Å². The molecular weight excluding hydrogens is 607 g/mol. The van der Waals surface area contributed by atoms with Gasteiger partial charge in [-0.2, -0.15) is 0 Å². The molecule has 0 radical (unpaired) electrons. The molecule has 0 aliphatic heterocycles. The van der Waals surface area contributed by atoms with Crippen molar-refractivity contribution in [2.45, 2.75) is 0 Å². The van der Waals surface area contributed by atoms with Crippen LogP contribution < -0.4 is 0 Å². The van der Waals surface area contributed by atoms with E-state index < -0.39 is 0 Å². The van der Waals surface area contributed by atoms with Crippen molar-refractivity contribution in [1.82, 2.24) is 15.0 Å². The van der Waals surface area contributed by atoms with E-state index in [0.29, 0.717) is 0 Å². The lowest BCUT2D eigenvalue weighted by Crippen LogP contribution is -1.94. The van der Waals surface area contributed by atoms with E-state index in [9.17, 15) is 0 Å². The van der Waals surface area contributed by atoms with E-state index in [4.69, 9.17) is 15.0 Å². The lowest BCUT2D eigenvalue weighted by molar-refractivity contribution is 1.36. The number of hydrogen-bond acceptors (Lipinski definition) is 3. The van der Waals surface area contributed by atoms with Crippen molar-refractivity contribution in [3.05, 3.63) is 176 Å². The van der Waals surface area contributed by atoms with E-state index in [-0.39, 0.29) is 0 Å². The lowest BCUT2D eigenvalue weighted by atomic mass is 9.90. The molecule has 0 amide bonds. The second kappa shape index (κ2) is 11.5. The zero-order valence-corrected chi connectivity index (χ0v) is 27.1. The molecule has 3 aromatic heterocycles. The standard InChI is InChI=1S/C47H29N3/c1-3-12-31(13-4-1)41-26-23-33-21-22-34-24-27-42(49-47(34)46(33)48-41)35-25-28-43-40(29-35)44-38(37-18-9-16-30-11-7-8-17-36(30)37)19-10-20-39(44)45(50-43)32-14-5-2-6-15-32/h1-29H. The first-order valence-electron chi connectivity index (χ1n) is 16.9. The number of benzene rings is 7. The fourth-order valence-electron chi connectivity index (χ4n) is 7.41. The smallest absolute Gasteiger partial charge is 0.0972 e. The molecule has 10 aromatic rings. The van der Waals surface area contributed by atoms with Gasteiger partial charge in [0.05, 0.1) is 33.6 Å². The third-order valence-corrected chi connectivity index (χ3v) is 9.83. The second-order valence-electron chi connectivity index (χ2n) is 12.8. The minimum absolute atomic E-state index is 0.900. The molecule has 0 fully saturated rings. The Hall–Kier alpha value is -6.71. The Balaban J connectivity index is 1.23. The third-order valence-electron chi connectivity index (χ3n) is 9.83. The molecule has 3 heterocycles. The van der Waals surface area contributed by atoms with Crippen LogP contribution in [0.4, 0.5) is 0 Å². The van der Waals surface area contributed by atoms with Gasteiger partial charge in [0.25, 0.3) is 0 Å². The molecule has 0 saturated heterocycles. The van der Waals surface area contributed by atoms with E-state index in [0.717, 1.165) is 71.9 Å². The molecule has 50 heavy (non-hydrogen) atoms. The van der Waals surface area contributed by atoms with Gasteiger partial charge in [0, 0.05) is 43.6 Å². The van der Waals surface area contributed by atoms with Crippen LogP contribution in [0.25, 0.3) is 99.2 Å². The van der Waals surface area contributed by atoms with Gasteiger partial charge in [0.15, 0.2) is 0 Å². The zero-order valence-electron chi connectivity index (χ0n) is 27.1. The molecule has 3 nitrogen and oxygen atoms in total. The average Bonchev–Trinajstić information content (AvgIpc) is 3.20. The highest BCUT2D eigenvalue weighted by molar-refractivity contribution is 6.19. The van der Waals surface area contributed by atoms with Gasteiger partial charge in [0.2, 0.25) is 0 Å². The first-order valence-corrected chi connectivity index (χ1v) is 16.9. The van der Waals surface area contributed by atoms with Crippen LogP contribution in [0, 0.1) is 0 Å². The summed E-state index contributed by atoms with van der Waals surface area (Å²) in [7, 11) is 0. The minimum Gasteiger partial charge on any atom is -0.247 e. The third kappa shape index (κ3) is 4.63. The van der Waals surface area contributed by atoms with Crippen LogP contribution >= 0.6 is 0 Å². The summed E-state index contributed by atoms with van der Waals surface area (Å²) in [4.78, 5) is 15.7. The van der Waals surface area contributed by atoms with Crippen molar-refractivity contribution < 1.29 is 0 Å². The van der Waals surface area contributed by atoms with Crippen LogP contribution in [0.5, 0.6) is 0 Å². The van der Waals surface area contributed by atoms with Gasteiger partial charge < -0.3 is 0 Å².